The molecule has 0 bridgehead atoms. The molecule has 5 heteroatoms. The van der Waals surface area contributed by atoms with E-state index in [0.717, 1.165) is 16.7 Å². The van der Waals surface area contributed by atoms with Crippen molar-refractivity contribution < 1.29 is 8.42 Å². The number of nitrogens with one attached hydrogen (secondary N) is 2. The van der Waals surface area contributed by atoms with Crippen molar-refractivity contribution in [3.63, 3.8) is 0 Å². The fraction of sp³-hybridized carbons (Fsp3) is 0.182. The third-order valence-corrected chi connectivity index (χ3v) is 6.06. The summed E-state index contributed by atoms with van der Waals surface area (Å²) in [6, 6.07) is 26.5. The van der Waals surface area contributed by atoms with Gasteiger partial charge in [-0.25, -0.2) is 13.8 Å². The molecule has 3 aromatic rings. The van der Waals surface area contributed by atoms with Gasteiger partial charge in [-0.15, -0.1) is 4.83 Å². The second-order valence-electron chi connectivity index (χ2n) is 6.53. The van der Waals surface area contributed by atoms with Crippen molar-refractivity contribution in [2.45, 2.75) is 30.7 Å². The van der Waals surface area contributed by atoms with Gasteiger partial charge < -0.3 is 0 Å². The quantitative estimate of drug-likeness (QED) is 0.606. The molecular weight excluding hydrogens is 356 g/mol. The summed E-state index contributed by atoms with van der Waals surface area (Å²) in [6.07, 6.45) is 0.664. The lowest BCUT2D eigenvalue weighted by atomic mass is 9.81. The van der Waals surface area contributed by atoms with Crippen molar-refractivity contribution in [1.82, 2.24) is 10.3 Å². The van der Waals surface area contributed by atoms with Crippen LogP contribution in [0.4, 0.5) is 0 Å². The molecular formula is C22H24N2O2S. The molecule has 4 nitrogen and oxygen atoms in total. The summed E-state index contributed by atoms with van der Waals surface area (Å²) in [6.45, 7) is 3.96. The van der Waals surface area contributed by atoms with Crippen LogP contribution in [0.15, 0.2) is 89.8 Å². The van der Waals surface area contributed by atoms with Crippen LogP contribution in [-0.2, 0) is 15.6 Å². The minimum absolute atomic E-state index is 0.228. The van der Waals surface area contributed by atoms with Crippen LogP contribution >= 0.6 is 0 Å². The van der Waals surface area contributed by atoms with Crippen LogP contribution in [0, 0.1) is 6.92 Å². The lowest BCUT2D eigenvalue weighted by Gasteiger charge is -2.35. The molecule has 0 spiro atoms. The highest BCUT2D eigenvalue weighted by Crippen LogP contribution is 2.32. The van der Waals surface area contributed by atoms with Gasteiger partial charge in [0.05, 0.1) is 10.4 Å². The highest BCUT2D eigenvalue weighted by Gasteiger charge is 2.33. The number of hydrazine groups is 1. The number of sulfonamides is 1. The van der Waals surface area contributed by atoms with Gasteiger partial charge in [-0.2, -0.15) is 0 Å². The zero-order chi connectivity index (χ0) is 19.3. The maximum absolute atomic E-state index is 12.8. The second-order valence-corrected chi connectivity index (χ2v) is 8.22. The first-order chi connectivity index (χ1) is 13.0. The van der Waals surface area contributed by atoms with Crippen LogP contribution < -0.4 is 10.3 Å². The molecule has 0 unspecified atom stereocenters. The van der Waals surface area contributed by atoms with Gasteiger partial charge in [-0.05, 0) is 36.6 Å². The lowest BCUT2D eigenvalue weighted by molar-refractivity contribution is 0.367. The first-order valence-corrected chi connectivity index (χ1v) is 10.4. The minimum Gasteiger partial charge on any atom is -0.229 e. The van der Waals surface area contributed by atoms with Crippen LogP contribution in [-0.4, -0.2) is 8.42 Å². The molecule has 0 aliphatic rings. The van der Waals surface area contributed by atoms with Crippen molar-refractivity contribution in [3.05, 3.63) is 102 Å². The fourth-order valence-electron chi connectivity index (χ4n) is 3.18. The van der Waals surface area contributed by atoms with Crippen molar-refractivity contribution in [3.8, 4) is 0 Å². The predicted molar refractivity (Wildman–Crippen MR) is 109 cm³/mol. The Labute approximate surface area is 161 Å². The van der Waals surface area contributed by atoms with Crippen LogP contribution in [0.25, 0.3) is 0 Å². The smallest absolute Gasteiger partial charge is 0.229 e. The minimum atomic E-state index is -3.70. The van der Waals surface area contributed by atoms with Crippen molar-refractivity contribution in [2.75, 3.05) is 0 Å². The van der Waals surface area contributed by atoms with E-state index in [1.807, 2.05) is 74.5 Å². The molecule has 140 valence electrons. The van der Waals surface area contributed by atoms with Gasteiger partial charge in [0.2, 0.25) is 0 Å². The largest absolute Gasteiger partial charge is 0.253 e. The SMILES string of the molecule is CCC(NNS(=O)(=O)c1ccc(C)cc1)(c1ccccc1)c1ccccc1. The van der Waals surface area contributed by atoms with Gasteiger partial charge >= 0.3 is 0 Å². The Morgan fingerprint density at radius 2 is 1.26 bits per heavy atom. The maximum atomic E-state index is 12.8. The Bertz CT molecular complexity index is 930. The lowest BCUT2D eigenvalue weighted by Crippen LogP contribution is -2.52. The standard InChI is InChI=1S/C22H24N2O2S/c1-3-22(19-10-6-4-7-11-19,20-12-8-5-9-13-20)23-24-27(25,26)21-16-14-18(2)15-17-21/h4-17,23-24H,3H2,1-2H3. The van der Waals surface area contributed by atoms with E-state index in [1.165, 1.54) is 0 Å². The fourth-order valence-corrected chi connectivity index (χ4v) is 4.10. The average Bonchev–Trinajstić information content (AvgIpc) is 2.71. The van der Waals surface area contributed by atoms with E-state index < -0.39 is 15.6 Å². The Hall–Kier alpha value is -2.47. The molecule has 3 aromatic carbocycles. The highest BCUT2D eigenvalue weighted by atomic mass is 32.2. The molecule has 0 fully saturated rings. The molecule has 2 N–H and O–H groups in total. The number of hydrogen-bond donors (Lipinski definition) is 2. The van der Waals surface area contributed by atoms with Gasteiger partial charge in [0.15, 0.2) is 0 Å². The summed E-state index contributed by atoms with van der Waals surface area (Å²) in [4.78, 5) is 2.83. The summed E-state index contributed by atoms with van der Waals surface area (Å²) in [5.41, 5.74) is 5.45. The summed E-state index contributed by atoms with van der Waals surface area (Å²) in [5, 5.41) is 0. The van der Waals surface area contributed by atoms with Gasteiger partial charge in [0.25, 0.3) is 10.0 Å². The van der Waals surface area contributed by atoms with E-state index in [9.17, 15) is 8.42 Å². The molecule has 0 radical (unpaired) electrons. The van der Waals surface area contributed by atoms with Gasteiger partial charge in [-0.1, -0.05) is 85.3 Å². The molecule has 0 atom stereocenters. The van der Waals surface area contributed by atoms with Crippen molar-refractivity contribution in [2.24, 2.45) is 0 Å². The van der Waals surface area contributed by atoms with Crippen LogP contribution in [0.3, 0.4) is 0 Å². The zero-order valence-corrected chi connectivity index (χ0v) is 16.3. The number of benzene rings is 3. The molecule has 27 heavy (non-hydrogen) atoms. The normalized spacial score (nSPS) is 12.1. The molecule has 0 aromatic heterocycles. The third-order valence-electron chi connectivity index (χ3n) is 4.79. The van der Waals surface area contributed by atoms with Crippen molar-refractivity contribution >= 4 is 10.0 Å². The molecule has 0 aliphatic carbocycles. The van der Waals surface area contributed by atoms with E-state index in [2.05, 4.69) is 10.3 Å². The molecule has 0 aliphatic heterocycles. The van der Waals surface area contributed by atoms with Crippen LogP contribution in [0.5, 0.6) is 0 Å². The summed E-state index contributed by atoms with van der Waals surface area (Å²) in [5.74, 6) is 0. The first kappa shape index (κ1) is 19.3. The van der Waals surface area contributed by atoms with E-state index >= 15 is 0 Å². The molecule has 0 saturated heterocycles. The van der Waals surface area contributed by atoms with E-state index in [-0.39, 0.29) is 4.90 Å². The number of hydrogen-bond acceptors (Lipinski definition) is 3. The van der Waals surface area contributed by atoms with Crippen LogP contribution in [0.2, 0.25) is 0 Å². The molecule has 0 saturated carbocycles. The van der Waals surface area contributed by atoms with Gasteiger partial charge in [0, 0.05) is 0 Å². The Morgan fingerprint density at radius 1 is 0.778 bits per heavy atom. The molecule has 3 rings (SSSR count). The average molecular weight is 381 g/mol. The van der Waals surface area contributed by atoms with E-state index in [4.69, 9.17) is 0 Å². The highest BCUT2D eigenvalue weighted by molar-refractivity contribution is 7.89. The summed E-state index contributed by atoms with van der Waals surface area (Å²) >= 11 is 0. The van der Waals surface area contributed by atoms with E-state index in [0.29, 0.717) is 6.42 Å². The second kappa shape index (κ2) is 8.05. The Kier molecular flexibility index (Phi) is 5.75. The Morgan fingerprint density at radius 3 is 1.70 bits per heavy atom. The first-order valence-electron chi connectivity index (χ1n) is 8.94. The van der Waals surface area contributed by atoms with Crippen LogP contribution in [0.1, 0.15) is 30.0 Å². The zero-order valence-electron chi connectivity index (χ0n) is 15.5. The maximum Gasteiger partial charge on any atom is 0.253 e. The summed E-state index contributed by atoms with van der Waals surface area (Å²) in [7, 11) is -3.70. The van der Waals surface area contributed by atoms with E-state index in [1.54, 1.807) is 24.3 Å². The Balaban J connectivity index is 1.98. The van der Waals surface area contributed by atoms with Gasteiger partial charge in [-0.3, -0.25) is 0 Å². The molecule has 0 heterocycles. The number of aryl methyl sites for hydroxylation is 1. The molecule has 0 amide bonds. The third kappa shape index (κ3) is 4.11. The van der Waals surface area contributed by atoms with Gasteiger partial charge in [0.1, 0.15) is 0 Å². The van der Waals surface area contributed by atoms with Crippen molar-refractivity contribution in [1.29, 1.82) is 0 Å². The summed E-state index contributed by atoms with van der Waals surface area (Å²) < 4.78 is 25.6. The predicted octanol–water partition coefficient (Wildman–Crippen LogP) is 4.13. The monoisotopic (exact) mass is 380 g/mol. The topological polar surface area (TPSA) is 58.2 Å². The number of rotatable bonds is 7.